The standard InChI is InChI=1S/C13H19NO3S/c1-3-18(16,17)12-11(13(12,14)8-15)10-6-4-9(2)5-7-10/h4-7,11-12,15H,3,8,14H2,1-2H3/t11-,12+,13-/m0/s1. The number of nitrogens with two attached hydrogens (primary N) is 1. The molecule has 1 saturated carbocycles. The first-order valence-electron chi connectivity index (χ1n) is 6.04. The van der Waals surface area contributed by atoms with Gasteiger partial charge in [0.25, 0.3) is 0 Å². The lowest BCUT2D eigenvalue weighted by molar-refractivity contribution is 0.253. The van der Waals surface area contributed by atoms with Gasteiger partial charge in [0.2, 0.25) is 0 Å². The van der Waals surface area contributed by atoms with Gasteiger partial charge < -0.3 is 10.8 Å². The lowest BCUT2D eigenvalue weighted by Crippen LogP contribution is -2.35. The summed E-state index contributed by atoms with van der Waals surface area (Å²) in [5.74, 6) is -0.244. The minimum Gasteiger partial charge on any atom is -0.394 e. The van der Waals surface area contributed by atoms with Crippen LogP contribution in [0.5, 0.6) is 0 Å². The Morgan fingerprint density at radius 1 is 1.33 bits per heavy atom. The fraction of sp³-hybridized carbons (Fsp3) is 0.538. The summed E-state index contributed by atoms with van der Waals surface area (Å²) in [6, 6.07) is 7.65. The first-order valence-corrected chi connectivity index (χ1v) is 7.76. The number of hydrogen-bond donors (Lipinski definition) is 2. The molecule has 0 spiro atoms. The predicted molar refractivity (Wildman–Crippen MR) is 71.2 cm³/mol. The second-order valence-corrected chi connectivity index (χ2v) is 7.44. The van der Waals surface area contributed by atoms with Crippen LogP contribution in [0.4, 0.5) is 0 Å². The van der Waals surface area contributed by atoms with Crippen molar-refractivity contribution in [3.8, 4) is 0 Å². The van der Waals surface area contributed by atoms with E-state index in [9.17, 15) is 13.5 Å². The molecular formula is C13H19NO3S. The van der Waals surface area contributed by atoms with Crippen LogP contribution in [0, 0.1) is 6.92 Å². The van der Waals surface area contributed by atoms with Gasteiger partial charge in [-0.2, -0.15) is 0 Å². The summed E-state index contributed by atoms with van der Waals surface area (Å²) in [7, 11) is -3.24. The Morgan fingerprint density at radius 3 is 2.33 bits per heavy atom. The zero-order chi connectivity index (χ0) is 13.6. The maximum absolute atomic E-state index is 12.0. The minimum atomic E-state index is -3.24. The van der Waals surface area contributed by atoms with E-state index in [-0.39, 0.29) is 18.3 Å². The van der Waals surface area contributed by atoms with Crippen molar-refractivity contribution in [2.75, 3.05) is 12.4 Å². The van der Waals surface area contributed by atoms with E-state index in [1.54, 1.807) is 6.92 Å². The second-order valence-electron chi connectivity index (χ2n) is 5.03. The molecule has 1 aromatic rings. The van der Waals surface area contributed by atoms with Crippen LogP contribution in [0.1, 0.15) is 24.0 Å². The highest BCUT2D eigenvalue weighted by Gasteiger charge is 2.68. The molecule has 1 aliphatic rings. The molecule has 2 rings (SSSR count). The van der Waals surface area contributed by atoms with E-state index < -0.39 is 20.6 Å². The summed E-state index contributed by atoms with van der Waals surface area (Å²) in [5, 5.41) is 8.73. The van der Waals surface area contributed by atoms with Gasteiger partial charge in [-0.25, -0.2) is 8.42 Å². The Labute approximate surface area is 108 Å². The third-order valence-corrected chi connectivity index (χ3v) is 6.09. The molecule has 0 heterocycles. The van der Waals surface area contributed by atoms with Gasteiger partial charge in [-0.3, -0.25) is 0 Å². The zero-order valence-electron chi connectivity index (χ0n) is 10.6. The molecule has 1 aromatic carbocycles. The fourth-order valence-electron chi connectivity index (χ4n) is 2.59. The van der Waals surface area contributed by atoms with Crippen molar-refractivity contribution in [1.82, 2.24) is 0 Å². The van der Waals surface area contributed by atoms with Crippen molar-refractivity contribution in [3.63, 3.8) is 0 Å². The summed E-state index contributed by atoms with van der Waals surface area (Å²) in [4.78, 5) is 0. The molecule has 0 unspecified atom stereocenters. The van der Waals surface area contributed by atoms with Crippen molar-refractivity contribution in [2.45, 2.75) is 30.6 Å². The average Bonchev–Trinajstić information content (AvgIpc) is 2.98. The van der Waals surface area contributed by atoms with Crippen molar-refractivity contribution in [1.29, 1.82) is 0 Å². The molecule has 0 aromatic heterocycles. The zero-order valence-corrected chi connectivity index (χ0v) is 11.4. The molecule has 5 heteroatoms. The first-order chi connectivity index (χ1) is 8.36. The molecular weight excluding hydrogens is 250 g/mol. The Hall–Kier alpha value is -0.910. The monoisotopic (exact) mass is 269 g/mol. The number of aryl methyl sites for hydroxylation is 1. The molecule has 3 N–H and O–H groups in total. The maximum Gasteiger partial charge on any atom is 0.155 e. The van der Waals surface area contributed by atoms with Crippen LogP contribution in [-0.4, -0.2) is 36.7 Å². The highest BCUT2D eigenvalue weighted by Crippen LogP contribution is 2.53. The van der Waals surface area contributed by atoms with E-state index in [1.807, 2.05) is 31.2 Å². The van der Waals surface area contributed by atoms with Crippen molar-refractivity contribution in [3.05, 3.63) is 35.4 Å². The number of aliphatic hydroxyl groups excluding tert-OH is 1. The Balaban J connectivity index is 2.37. The van der Waals surface area contributed by atoms with E-state index in [1.165, 1.54) is 0 Å². The smallest absolute Gasteiger partial charge is 0.155 e. The number of aliphatic hydroxyl groups is 1. The lowest BCUT2D eigenvalue weighted by atomic mass is 10.1. The molecule has 1 aliphatic carbocycles. The molecule has 0 saturated heterocycles. The highest BCUT2D eigenvalue weighted by atomic mass is 32.2. The Morgan fingerprint density at radius 2 is 1.89 bits per heavy atom. The van der Waals surface area contributed by atoms with Crippen molar-refractivity contribution in [2.24, 2.45) is 5.73 Å². The molecule has 0 radical (unpaired) electrons. The summed E-state index contributed by atoms with van der Waals surface area (Å²) in [5.41, 5.74) is 7.01. The SMILES string of the molecule is CCS(=O)(=O)[C@@H]1[C@H](c2ccc(C)cc2)[C@@]1(N)CO. The van der Waals surface area contributed by atoms with Crippen LogP contribution in [0.25, 0.3) is 0 Å². The minimum absolute atomic E-state index is 0.0545. The summed E-state index contributed by atoms with van der Waals surface area (Å²) in [6.45, 7) is 3.27. The van der Waals surface area contributed by atoms with Crippen LogP contribution in [0.15, 0.2) is 24.3 Å². The second kappa shape index (κ2) is 4.33. The normalized spacial score (nSPS) is 31.3. The van der Waals surface area contributed by atoms with Gasteiger partial charge in [0.15, 0.2) is 9.84 Å². The predicted octanol–water partition coefficient (Wildman–Crippen LogP) is 0.585. The topological polar surface area (TPSA) is 80.4 Å². The van der Waals surface area contributed by atoms with Gasteiger partial charge in [-0.05, 0) is 12.5 Å². The molecule has 1 fully saturated rings. The van der Waals surface area contributed by atoms with Crippen LogP contribution in [0.3, 0.4) is 0 Å². The molecule has 4 nitrogen and oxygen atoms in total. The van der Waals surface area contributed by atoms with Crippen LogP contribution < -0.4 is 5.73 Å². The van der Waals surface area contributed by atoms with Gasteiger partial charge >= 0.3 is 0 Å². The van der Waals surface area contributed by atoms with Gasteiger partial charge in [-0.15, -0.1) is 0 Å². The van der Waals surface area contributed by atoms with Crippen LogP contribution >= 0.6 is 0 Å². The van der Waals surface area contributed by atoms with Crippen LogP contribution in [0.2, 0.25) is 0 Å². The molecule has 100 valence electrons. The number of rotatable bonds is 4. The summed E-state index contributed by atoms with van der Waals surface area (Å²) >= 11 is 0. The summed E-state index contributed by atoms with van der Waals surface area (Å²) < 4.78 is 24.0. The molecule has 0 bridgehead atoms. The van der Waals surface area contributed by atoms with Crippen molar-refractivity contribution >= 4 is 9.84 Å². The number of hydrogen-bond acceptors (Lipinski definition) is 4. The largest absolute Gasteiger partial charge is 0.394 e. The number of sulfone groups is 1. The van der Waals surface area contributed by atoms with E-state index in [0.29, 0.717) is 0 Å². The van der Waals surface area contributed by atoms with E-state index in [2.05, 4.69) is 0 Å². The Bertz CT molecular complexity index is 538. The number of benzene rings is 1. The quantitative estimate of drug-likeness (QED) is 0.838. The van der Waals surface area contributed by atoms with Gasteiger partial charge in [0.1, 0.15) is 0 Å². The van der Waals surface area contributed by atoms with E-state index in [4.69, 9.17) is 5.73 Å². The molecule has 18 heavy (non-hydrogen) atoms. The third kappa shape index (κ3) is 1.96. The average molecular weight is 269 g/mol. The fourth-order valence-corrected chi connectivity index (χ4v) is 4.59. The maximum atomic E-state index is 12.0. The van der Waals surface area contributed by atoms with Gasteiger partial charge in [0, 0.05) is 11.7 Å². The Kier molecular flexibility index (Phi) is 3.25. The van der Waals surface area contributed by atoms with Crippen LogP contribution in [-0.2, 0) is 9.84 Å². The first kappa shape index (κ1) is 13.5. The van der Waals surface area contributed by atoms with Gasteiger partial charge in [-0.1, -0.05) is 36.8 Å². The highest BCUT2D eigenvalue weighted by molar-refractivity contribution is 7.92. The summed E-state index contributed by atoms with van der Waals surface area (Å²) in [6.07, 6.45) is 0. The third-order valence-electron chi connectivity index (χ3n) is 3.80. The van der Waals surface area contributed by atoms with Gasteiger partial charge in [0.05, 0.1) is 17.4 Å². The van der Waals surface area contributed by atoms with E-state index >= 15 is 0 Å². The molecule has 3 atom stereocenters. The molecule has 0 aliphatic heterocycles. The molecule has 0 amide bonds. The van der Waals surface area contributed by atoms with Crippen molar-refractivity contribution < 1.29 is 13.5 Å². The lowest BCUT2D eigenvalue weighted by Gasteiger charge is -2.07. The van der Waals surface area contributed by atoms with E-state index in [0.717, 1.165) is 11.1 Å².